The molecule has 1 aliphatic heterocycles. The van der Waals surface area contributed by atoms with Gasteiger partial charge in [0, 0.05) is 18.7 Å². The number of oxazole rings is 1. The van der Waals surface area contributed by atoms with Gasteiger partial charge in [-0.3, -0.25) is 4.79 Å². The number of amides is 1. The number of aromatic nitrogens is 2. The first kappa shape index (κ1) is 25.4. The van der Waals surface area contributed by atoms with Crippen molar-refractivity contribution in [3.8, 4) is 11.5 Å². The highest BCUT2D eigenvalue weighted by Gasteiger charge is 2.41. The van der Waals surface area contributed by atoms with Crippen molar-refractivity contribution in [2.75, 3.05) is 23.3 Å². The topological polar surface area (TPSA) is 91.5 Å². The van der Waals surface area contributed by atoms with Crippen molar-refractivity contribution < 1.29 is 31.9 Å². The van der Waals surface area contributed by atoms with Crippen LogP contribution in [0.4, 0.5) is 29.1 Å². The highest BCUT2D eigenvalue weighted by Crippen LogP contribution is 2.36. The summed E-state index contributed by atoms with van der Waals surface area (Å²) in [6, 6.07) is 16.9. The van der Waals surface area contributed by atoms with Gasteiger partial charge < -0.3 is 19.7 Å². The number of nitrogens with zero attached hydrogens (tertiary/aromatic N) is 3. The Hall–Kier alpha value is -4.25. The Labute approximate surface area is 214 Å². The molecule has 7 nitrogen and oxygen atoms in total. The summed E-state index contributed by atoms with van der Waals surface area (Å²) in [5.41, 5.74) is -1.38. The summed E-state index contributed by atoms with van der Waals surface area (Å²) in [5, 5.41) is 13.4. The van der Waals surface area contributed by atoms with Crippen LogP contribution in [0.15, 0.2) is 77.3 Å². The highest BCUT2D eigenvalue weighted by molar-refractivity contribution is 6.03. The van der Waals surface area contributed by atoms with E-state index >= 15 is 0 Å². The van der Waals surface area contributed by atoms with E-state index in [0.717, 1.165) is 0 Å². The van der Waals surface area contributed by atoms with E-state index in [1.807, 2.05) is 4.90 Å². The molecule has 1 aliphatic rings. The lowest BCUT2D eigenvalue weighted by Crippen LogP contribution is -2.43. The number of hydrogen-bond acceptors (Lipinski definition) is 6. The number of anilines is 2. The summed E-state index contributed by atoms with van der Waals surface area (Å²) >= 11 is 0. The molecule has 0 saturated carbocycles. The molecular formula is C27H22F4N4O3. The number of aliphatic hydroxyl groups is 1. The van der Waals surface area contributed by atoms with Crippen LogP contribution in [0, 0.1) is 5.82 Å². The molecule has 4 aromatic rings. The Kier molecular flexibility index (Phi) is 6.62. The smallest absolute Gasteiger partial charge is 0.430 e. The third kappa shape index (κ3) is 5.23. The van der Waals surface area contributed by atoms with Gasteiger partial charge in [-0.15, -0.1) is 0 Å². The molecule has 5 rings (SSSR count). The molecule has 0 radical (unpaired) electrons. The zero-order valence-corrected chi connectivity index (χ0v) is 19.9. The van der Waals surface area contributed by atoms with Crippen LogP contribution in [0.3, 0.4) is 0 Å². The number of benzene rings is 2. The van der Waals surface area contributed by atoms with Crippen LogP contribution >= 0.6 is 0 Å². The molecule has 1 amide bonds. The molecule has 0 aliphatic carbocycles. The lowest BCUT2D eigenvalue weighted by atomic mass is 9.84. The molecule has 3 heterocycles. The Bertz CT molecular complexity index is 1410. The average Bonchev–Trinajstić information content (AvgIpc) is 3.37. The van der Waals surface area contributed by atoms with E-state index in [1.54, 1.807) is 36.4 Å². The summed E-state index contributed by atoms with van der Waals surface area (Å²) < 4.78 is 59.1. The fourth-order valence-electron chi connectivity index (χ4n) is 4.36. The summed E-state index contributed by atoms with van der Waals surface area (Å²) in [7, 11) is 0. The van der Waals surface area contributed by atoms with Crippen molar-refractivity contribution in [2.45, 2.75) is 24.6 Å². The lowest BCUT2D eigenvalue weighted by molar-refractivity contribution is -0.141. The highest BCUT2D eigenvalue weighted by atomic mass is 19.4. The van der Waals surface area contributed by atoms with E-state index in [1.165, 1.54) is 36.5 Å². The van der Waals surface area contributed by atoms with Crippen molar-refractivity contribution in [1.29, 1.82) is 0 Å². The number of alkyl halides is 3. The Morgan fingerprint density at radius 1 is 1.00 bits per heavy atom. The number of halogens is 4. The van der Waals surface area contributed by atoms with Gasteiger partial charge in [0.05, 0.1) is 17.5 Å². The van der Waals surface area contributed by atoms with Crippen LogP contribution in [0.1, 0.15) is 34.7 Å². The van der Waals surface area contributed by atoms with Crippen LogP contribution in [0.5, 0.6) is 0 Å². The summed E-state index contributed by atoms with van der Waals surface area (Å²) in [6.45, 7) is 0.948. The zero-order chi connectivity index (χ0) is 26.9. The largest absolute Gasteiger partial charge is 0.437 e. The maximum atomic E-state index is 13.6. The normalized spacial score (nSPS) is 15.3. The summed E-state index contributed by atoms with van der Waals surface area (Å²) in [6.07, 6.45) is -2.77. The number of pyridine rings is 1. The molecule has 1 saturated heterocycles. The lowest BCUT2D eigenvalue weighted by Gasteiger charge is -2.39. The molecule has 196 valence electrons. The van der Waals surface area contributed by atoms with Crippen LogP contribution < -0.4 is 10.2 Å². The second kappa shape index (κ2) is 9.90. The molecule has 0 atom stereocenters. The van der Waals surface area contributed by atoms with Crippen LogP contribution in [-0.4, -0.2) is 34.1 Å². The van der Waals surface area contributed by atoms with Gasteiger partial charge in [-0.2, -0.15) is 13.2 Å². The summed E-state index contributed by atoms with van der Waals surface area (Å²) in [5.74, 6) is -2.17. The van der Waals surface area contributed by atoms with Gasteiger partial charge in [0.1, 0.15) is 11.6 Å². The van der Waals surface area contributed by atoms with E-state index in [9.17, 15) is 27.5 Å². The zero-order valence-electron chi connectivity index (χ0n) is 19.9. The third-order valence-electron chi connectivity index (χ3n) is 6.42. The second-order valence-electron chi connectivity index (χ2n) is 8.95. The SMILES string of the molecule is O=C(Nc1ccc(N2CCC(O)(c3ccc(F)cc3)CC2)nc1)c1oc(-c2ccccc2)nc1C(F)(F)F. The maximum Gasteiger partial charge on any atom is 0.437 e. The van der Waals surface area contributed by atoms with Gasteiger partial charge in [0.25, 0.3) is 5.91 Å². The molecule has 0 bridgehead atoms. The molecule has 2 aromatic heterocycles. The molecular weight excluding hydrogens is 504 g/mol. The Balaban J connectivity index is 1.27. The van der Waals surface area contributed by atoms with Gasteiger partial charge in [-0.05, 0) is 54.8 Å². The molecule has 1 fully saturated rings. The molecule has 2 aromatic carbocycles. The van der Waals surface area contributed by atoms with E-state index in [4.69, 9.17) is 4.42 Å². The molecule has 2 N–H and O–H groups in total. The number of carbonyl (C=O) groups excluding carboxylic acids is 1. The van der Waals surface area contributed by atoms with E-state index in [0.29, 0.717) is 42.9 Å². The maximum absolute atomic E-state index is 13.6. The van der Waals surface area contributed by atoms with Gasteiger partial charge >= 0.3 is 6.18 Å². The van der Waals surface area contributed by atoms with Crippen LogP contribution in [0.2, 0.25) is 0 Å². The van der Waals surface area contributed by atoms with Crippen LogP contribution in [0.25, 0.3) is 11.5 Å². The minimum absolute atomic E-state index is 0.171. The second-order valence-corrected chi connectivity index (χ2v) is 8.95. The number of rotatable bonds is 5. The predicted molar refractivity (Wildman–Crippen MR) is 131 cm³/mol. The fourth-order valence-corrected chi connectivity index (χ4v) is 4.36. The third-order valence-corrected chi connectivity index (χ3v) is 6.42. The first-order chi connectivity index (χ1) is 18.1. The van der Waals surface area contributed by atoms with Gasteiger partial charge in [0.15, 0.2) is 5.69 Å². The van der Waals surface area contributed by atoms with Gasteiger partial charge in [-0.1, -0.05) is 30.3 Å². The first-order valence-corrected chi connectivity index (χ1v) is 11.8. The van der Waals surface area contributed by atoms with Crippen molar-refractivity contribution >= 4 is 17.4 Å². The number of hydrogen-bond donors (Lipinski definition) is 2. The monoisotopic (exact) mass is 526 g/mol. The standard InChI is InChI=1S/C27H22F4N4O3/c28-19-8-6-18(7-9-19)26(37)12-14-35(15-13-26)21-11-10-20(16-32-21)33-24(36)22-23(27(29,30)31)34-25(38-22)17-4-2-1-3-5-17/h1-11,16,37H,12-15H2,(H,33,36). The minimum Gasteiger partial charge on any atom is -0.430 e. The number of piperidine rings is 1. The quantitative estimate of drug-likeness (QED) is 0.328. The van der Waals surface area contributed by atoms with Crippen molar-refractivity contribution in [3.63, 3.8) is 0 Å². The van der Waals surface area contributed by atoms with Gasteiger partial charge in [0.2, 0.25) is 11.7 Å². The van der Waals surface area contributed by atoms with Crippen molar-refractivity contribution in [3.05, 3.63) is 95.8 Å². The van der Waals surface area contributed by atoms with Gasteiger partial charge in [-0.25, -0.2) is 14.4 Å². The molecule has 38 heavy (non-hydrogen) atoms. The molecule has 0 unspecified atom stereocenters. The number of carbonyl (C=O) groups is 1. The minimum atomic E-state index is -4.89. The van der Waals surface area contributed by atoms with E-state index < -0.39 is 29.1 Å². The average molecular weight is 526 g/mol. The fraction of sp³-hybridized carbons (Fsp3) is 0.222. The molecule has 0 spiro atoms. The van der Waals surface area contributed by atoms with Crippen LogP contribution in [-0.2, 0) is 11.8 Å². The molecule has 11 heteroatoms. The van der Waals surface area contributed by atoms with E-state index in [-0.39, 0.29) is 17.4 Å². The Morgan fingerprint density at radius 3 is 2.29 bits per heavy atom. The van der Waals surface area contributed by atoms with E-state index in [2.05, 4.69) is 15.3 Å². The van der Waals surface area contributed by atoms with Crippen molar-refractivity contribution in [2.24, 2.45) is 0 Å². The Morgan fingerprint density at radius 2 is 1.68 bits per heavy atom. The van der Waals surface area contributed by atoms with Crippen molar-refractivity contribution in [1.82, 2.24) is 9.97 Å². The summed E-state index contributed by atoms with van der Waals surface area (Å²) in [4.78, 5) is 22.5. The first-order valence-electron chi connectivity index (χ1n) is 11.8. The number of nitrogens with one attached hydrogen (secondary N) is 1. The predicted octanol–water partition coefficient (Wildman–Crippen LogP) is 5.63.